The molecular weight excluding hydrogens is 418 g/mol. The number of carbonyl (C=O) groups excluding carboxylic acids is 1. The van der Waals surface area contributed by atoms with Gasteiger partial charge in [-0.3, -0.25) is 4.79 Å². The van der Waals surface area contributed by atoms with Gasteiger partial charge in [0.05, 0.1) is 5.39 Å². The van der Waals surface area contributed by atoms with E-state index in [1.807, 2.05) is 42.5 Å². The van der Waals surface area contributed by atoms with E-state index in [2.05, 4.69) is 57.5 Å². The Morgan fingerprint density at radius 2 is 1.75 bits per heavy atom. The van der Waals surface area contributed by atoms with E-state index in [1.54, 1.807) is 17.7 Å². The van der Waals surface area contributed by atoms with E-state index in [-0.39, 0.29) is 5.91 Å². The number of nitrogens with zero attached hydrogens (tertiary/aromatic N) is 3. The Bertz CT molecular complexity index is 1170. The quantitative estimate of drug-likeness (QED) is 0.372. The first-order valence-corrected chi connectivity index (χ1v) is 11.7. The summed E-state index contributed by atoms with van der Waals surface area (Å²) in [7, 11) is 0. The first-order valence-electron chi connectivity index (χ1n) is 10.9. The number of hydrogen-bond acceptors (Lipinski definition) is 6. The Kier molecular flexibility index (Phi) is 7.09. The van der Waals surface area contributed by atoms with Crippen molar-refractivity contribution < 1.29 is 4.79 Å². The van der Waals surface area contributed by atoms with Crippen molar-refractivity contribution >= 4 is 39.0 Å². The Morgan fingerprint density at radius 3 is 2.47 bits per heavy atom. The molecule has 164 valence electrons. The highest BCUT2D eigenvalue weighted by molar-refractivity contribution is 7.21. The summed E-state index contributed by atoms with van der Waals surface area (Å²) in [5.74, 6) is 0.698. The molecule has 0 spiro atoms. The normalized spacial score (nSPS) is 11.1. The maximum Gasteiger partial charge on any atom is 0.251 e. The number of benzene rings is 2. The van der Waals surface area contributed by atoms with Gasteiger partial charge < -0.3 is 15.5 Å². The molecule has 7 heteroatoms. The molecule has 1 amide bonds. The van der Waals surface area contributed by atoms with Crippen molar-refractivity contribution in [2.45, 2.75) is 13.8 Å². The summed E-state index contributed by atoms with van der Waals surface area (Å²) < 4.78 is 0. The minimum absolute atomic E-state index is 0.0570. The van der Waals surface area contributed by atoms with Gasteiger partial charge in [-0.2, -0.15) is 0 Å². The van der Waals surface area contributed by atoms with E-state index < -0.39 is 0 Å². The lowest BCUT2D eigenvalue weighted by atomic mass is 10.1. The Hall–Kier alpha value is -3.29. The highest BCUT2D eigenvalue weighted by Crippen LogP contribution is 2.35. The fraction of sp³-hybridized carbons (Fsp3) is 0.240. The van der Waals surface area contributed by atoms with E-state index in [1.165, 1.54) is 0 Å². The van der Waals surface area contributed by atoms with Crippen LogP contribution in [-0.2, 0) is 0 Å². The van der Waals surface area contributed by atoms with Crippen LogP contribution in [0.15, 0.2) is 67.0 Å². The number of likely N-dealkylation sites (N-methyl/N-ethyl adjacent to an activating group) is 1. The monoisotopic (exact) mass is 445 g/mol. The average molecular weight is 446 g/mol. The third kappa shape index (κ3) is 5.12. The lowest BCUT2D eigenvalue weighted by Gasteiger charge is -2.18. The summed E-state index contributed by atoms with van der Waals surface area (Å²) in [6, 6.07) is 19.8. The fourth-order valence-electron chi connectivity index (χ4n) is 3.51. The molecule has 2 heterocycles. The highest BCUT2D eigenvalue weighted by atomic mass is 32.1. The third-order valence-electron chi connectivity index (χ3n) is 5.41. The van der Waals surface area contributed by atoms with Crippen molar-refractivity contribution in [2.75, 3.05) is 31.5 Å². The molecule has 32 heavy (non-hydrogen) atoms. The Labute approximate surface area is 192 Å². The molecule has 0 saturated carbocycles. The molecule has 0 aliphatic rings. The molecule has 0 radical (unpaired) electrons. The summed E-state index contributed by atoms with van der Waals surface area (Å²) in [6.45, 7) is 7.72. The fourth-order valence-corrected chi connectivity index (χ4v) is 4.52. The van der Waals surface area contributed by atoms with E-state index in [0.29, 0.717) is 12.1 Å². The van der Waals surface area contributed by atoms with Crippen LogP contribution in [0.4, 0.5) is 11.5 Å². The topological polar surface area (TPSA) is 70.2 Å². The number of hydrogen-bond donors (Lipinski definition) is 2. The minimum atomic E-state index is -0.0570. The van der Waals surface area contributed by atoms with Crippen LogP contribution in [0.5, 0.6) is 0 Å². The van der Waals surface area contributed by atoms with Gasteiger partial charge in [0.25, 0.3) is 5.91 Å². The largest absolute Gasteiger partial charge is 0.351 e. The summed E-state index contributed by atoms with van der Waals surface area (Å²) in [4.78, 5) is 25.7. The van der Waals surface area contributed by atoms with Crippen molar-refractivity contribution in [3.05, 3.63) is 72.6 Å². The number of thiophene rings is 1. The van der Waals surface area contributed by atoms with Gasteiger partial charge in [-0.25, -0.2) is 9.97 Å². The minimum Gasteiger partial charge on any atom is -0.351 e. The molecule has 2 aromatic carbocycles. The predicted molar refractivity (Wildman–Crippen MR) is 133 cm³/mol. The molecule has 2 aromatic heterocycles. The molecule has 4 aromatic rings. The van der Waals surface area contributed by atoms with Crippen LogP contribution >= 0.6 is 11.3 Å². The molecule has 0 atom stereocenters. The molecule has 2 N–H and O–H groups in total. The molecular formula is C25H27N5OS. The molecule has 0 aliphatic heterocycles. The van der Waals surface area contributed by atoms with Crippen LogP contribution in [0.2, 0.25) is 0 Å². The van der Waals surface area contributed by atoms with Gasteiger partial charge in [-0.15, -0.1) is 11.3 Å². The van der Waals surface area contributed by atoms with Crippen molar-refractivity contribution in [1.29, 1.82) is 0 Å². The van der Waals surface area contributed by atoms with Crippen LogP contribution < -0.4 is 10.6 Å². The summed E-state index contributed by atoms with van der Waals surface area (Å²) in [6.07, 6.45) is 1.58. The predicted octanol–water partition coefficient (Wildman–Crippen LogP) is 5.17. The van der Waals surface area contributed by atoms with Gasteiger partial charge in [0.2, 0.25) is 0 Å². The second kappa shape index (κ2) is 10.3. The second-order valence-electron chi connectivity index (χ2n) is 7.40. The van der Waals surface area contributed by atoms with E-state index >= 15 is 0 Å². The van der Waals surface area contributed by atoms with Gasteiger partial charge in [0.1, 0.15) is 17.0 Å². The summed E-state index contributed by atoms with van der Waals surface area (Å²) in [5.41, 5.74) is 2.68. The lowest BCUT2D eigenvalue weighted by Crippen LogP contribution is -2.34. The number of fused-ring (bicyclic) bond motifs is 1. The standard InChI is InChI=1S/C25H27N5OS/c1-3-30(4-2)15-14-26-24(31)19-10-12-20(13-11-19)29-23-21-16-22(18-8-6-5-7-9-18)32-25(21)28-17-27-23/h5-13,16-17H,3-4,14-15H2,1-2H3,(H,26,31)(H,27,28,29). The number of rotatable bonds is 9. The maximum atomic E-state index is 12.4. The second-order valence-corrected chi connectivity index (χ2v) is 8.43. The third-order valence-corrected chi connectivity index (χ3v) is 6.50. The number of anilines is 2. The van der Waals surface area contributed by atoms with Gasteiger partial charge in [0, 0.05) is 29.2 Å². The first kappa shape index (κ1) is 21.9. The van der Waals surface area contributed by atoms with Gasteiger partial charge >= 0.3 is 0 Å². The van der Waals surface area contributed by atoms with Crippen LogP contribution in [0, 0.1) is 0 Å². The van der Waals surface area contributed by atoms with Crippen molar-refractivity contribution in [2.24, 2.45) is 0 Å². The van der Waals surface area contributed by atoms with Crippen molar-refractivity contribution in [1.82, 2.24) is 20.2 Å². The van der Waals surface area contributed by atoms with Gasteiger partial charge in [-0.05, 0) is 49.0 Å². The maximum absolute atomic E-state index is 12.4. The highest BCUT2D eigenvalue weighted by Gasteiger charge is 2.11. The number of amides is 1. The molecule has 4 rings (SSSR count). The lowest BCUT2D eigenvalue weighted by molar-refractivity contribution is 0.0949. The molecule has 0 fully saturated rings. The smallest absolute Gasteiger partial charge is 0.251 e. The van der Waals surface area contributed by atoms with Crippen LogP contribution in [0.25, 0.3) is 20.7 Å². The Balaban J connectivity index is 1.44. The van der Waals surface area contributed by atoms with Crippen LogP contribution in [-0.4, -0.2) is 47.0 Å². The van der Waals surface area contributed by atoms with Crippen molar-refractivity contribution in [3.8, 4) is 10.4 Å². The molecule has 0 unspecified atom stereocenters. The van der Waals surface area contributed by atoms with Crippen LogP contribution in [0.3, 0.4) is 0 Å². The van der Waals surface area contributed by atoms with Crippen molar-refractivity contribution in [3.63, 3.8) is 0 Å². The van der Waals surface area contributed by atoms with Crippen LogP contribution in [0.1, 0.15) is 24.2 Å². The average Bonchev–Trinajstić information content (AvgIpc) is 3.28. The van der Waals surface area contributed by atoms with Gasteiger partial charge in [0.15, 0.2) is 0 Å². The molecule has 0 saturated heterocycles. The SMILES string of the molecule is CCN(CC)CCNC(=O)c1ccc(Nc2ncnc3sc(-c4ccccc4)cc23)cc1. The molecule has 6 nitrogen and oxygen atoms in total. The summed E-state index contributed by atoms with van der Waals surface area (Å²) >= 11 is 1.65. The molecule has 0 aliphatic carbocycles. The number of carbonyl (C=O) groups is 1. The van der Waals surface area contributed by atoms with E-state index in [4.69, 9.17) is 0 Å². The first-order chi connectivity index (χ1) is 15.7. The van der Waals surface area contributed by atoms with E-state index in [9.17, 15) is 4.79 Å². The zero-order valence-electron chi connectivity index (χ0n) is 18.3. The summed E-state index contributed by atoms with van der Waals surface area (Å²) in [5, 5.41) is 7.34. The zero-order valence-corrected chi connectivity index (χ0v) is 19.2. The number of nitrogens with one attached hydrogen (secondary N) is 2. The van der Waals surface area contributed by atoms with Gasteiger partial charge in [-0.1, -0.05) is 44.2 Å². The number of aromatic nitrogens is 2. The van der Waals surface area contributed by atoms with E-state index in [0.717, 1.165) is 51.8 Å². The molecule has 0 bridgehead atoms. The Morgan fingerprint density at radius 1 is 1.00 bits per heavy atom. The zero-order chi connectivity index (χ0) is 22.3.